The molecule has 0 bridgehead atoms. The fraction of sp³-hybridized carbons (Fsp3) is 0.118. The number of benzene rings is 2. The Morgan fingerprint density at radius 2 is 1.96 bits per heavy atom. The standard InChI is InChI=1S/C17H14ClNO5/c1-2-23-15-5-3-4-6-16(15)24-17(20)10-8-12-7-9-13(18)14(11-12)19(21)22/h3-11H,2H2,1H3. The van der Waals surface area contributed by atoms with Crippen molar-refractivity contribution in [1.82, 2.24) is 0 Å². The number of para-hydroxylation sites is 2. The molecule has 24 heavy (non-hydrogen) atoms. The second kappa shape index (κ2) is 8.12. The van der Waals surface area contributed by atoms with Crippen molar-refractivity contribution in [2.75, 3.05) is 6.61 Å². The van der Waals surface area contributed by atoms with Crippen LogP contribution in [0.15, 0.2) is 48.5 Å². The smallest absolute Gasteiger partial charge is 0.336 e. The molecule has 0 aliphatic rings. The van der Waals surface area contributed by atoms with Gasteiger partial charge in [-0.25, -0.2) is 4.79 Å². The van der Waals surface area contributed by atoms with Crippen LogP contribution < -0.4 is 9.47 Å². The summed E-state index contributed by atoms with van der Waals surface area (Å²) in [5.74, 6) is 0.139. The lowest BCUT2D eigenvalue weighted by molar-refractivity contribution is -0.384. The third kappa shape index (κ3) is 4.57. The Kier molecular flexibility index (Phi) is 5.92. The first-order valence-corrected chi connectivity index (χ1v) is 7.44. The van der Waals surface area contributed by atoms with Gasteiger partial charge in [-0.05, 0) is 36.8 Å². The Balaban J connectivity index is 2.11. The first kappa shape index (κ1) is 17.5. The van der Waals surface area contributed by atoms with E-state index >= 15 is 0 Å². The van der Waals surface area contributed by atoms with Gasteiger partial charge < -0.3 is 9.47 Å². The molecule has 0 heterocycles. The molecule has 0 fully saturated rings. The molecule has 124 valence electrons. The summed E-state index contributed by atoms with van der Waals surface area (Å²) in [7, 11) is 0. The van der Waals surface area contributed by atoms with Crippen LogP contribution >= 0.6 is 11.6 Å². The largest absolute Gasteiger partial charge is 0.490 e. The van der Waals surface area contributed by atoms with Crippen molar-refractivity contribution in [1.29, 1.82) is 0 Å². The first-order chi connectivity index (χ1) is 11.5. The molecule has 0 aromatic heterocycles. The number of carbonyl (C=O) groups excluding carboxylic acids is 1. The van der Waals surface area contributed by atoms with Crippen LogP contribution in [0.3, 0.4) is 0 Å². The molecule has 0 atom stereocenters. The van der Waals surface area contributed by atoms with E-state index in [2.05, 4.69) is 0 Å². The third-order valence-electron chi connectivity index (χ3n) is 2.94. The lowest BCUT2D eigenvalue weighted by atomic mass is 10.2. The van der Waals surface area contributed by atoms with Crippen LogP contribution in [0.25, 0.3) is 6.08 Å². The van der Waals surface area contributed by atoms with Gasteiger partial charge in [0.05, 0.1) is 11.5 Å². The van der Waals surface area contributed by atoms with Crippen molar-refractivity contribution >= 4 is 29.3 Å². The van der Waals surface area contributed by atoms with Gasteiger partial charge in [0.2, 0.25) is 0 Å². The van der Waals surface area contributed by atoms with E-state index in [9.17, 15) is 14.9 Å². The molecule has 0 aliphatic carbocycles. The van der Waals surface area contributed by atoms with Crippen LogP contribution in [-0.4, -0.2) is 17.5 Å². The predicted molar refractivity (Wildman–Crippen MR) is 90.4 cm³/mol. The van der Waals surface area contributed by atoms with E-state index in [0.29, 0.717) is 23.7 Å². The fourth-order valence-corrected chi connectivity index (χ4v) is 2.08. The number of carbonyl (C=O) groups is 1. The first-order valence-electron chi connectivity index (χ1n) is 7.07. The van der Waals surface area contributed by atoms with Crippen LogP contribution in [0.1, 0.15) is 12.5 Å². The van der Waals surface area contributed by atoms with Crippen LogP contribution in [0, 0.1) is 10.1 Å². The van der Waals surface area contributed by atoms with Gasteiger partial charge in [0.15, 0.2) is 11.5 Å². The van der Waals surface area contributed by atoms with Gasteiger partial charge in [0.25, 0.3) is 5.69 Å². The fourth-order valence-electron chi connectivity index (χ4n) is 1.89. The van der Waals surface area contributed by atoms with Gasteiger partial charge >= 0.3 is 5.97 Å². The quantitative estimate of drug-likeness (QED) is 0.256. The number of ether oxygens (including phenoxy) is 2. The summed E-state index contributed by atoms with van der Waals surface area (Å²) in [6, 6.07) is 11.0. The van der Waals surface area contributed by atoms with Gasteiger partial charge in [0, 0.05) is 12.1 Å². The van der Waals surface area contributed by atoms with E-state index in [1.165, 1.54) is 24.3 Å². The second-order valence-electron chi connectivity index (χ2n) is 4.60. The summed E-state index contributed by atoms with van der Waals surface area (Å²) in [5, 5.41) is 10.9. The number of halogens is 1. The summed E-state index contributed by atoms with van der Waals surface area (Å²) < 4.78 is 10.6. The molecule has 2 aromatic rings. The monoisotopic (exact) mass is 347 g/mol. The van der Waals surface area contributed by atoms with Crippen molar-refractivity contribution in [3.05, 3.63) is 69.2 Å². The van der Waals surface area contributed by atoms with Gasteiger partial charge in [-0.1, -0.05) is 29.8 Å². The lowest BCUT2D eigenvalue weighted by Gasteiger charge is -2.08. The molecule has 2 aromatic carbocycles. The number of nitro groups is 1. The lowest BCUT2D eigenvalue weighted by Crippen LogP contribution is -2.05. The predicted octanol–water partition coefficient (Wildman–Crippen LogP) is 4.27. The highest BCUT2D eigenvalue weighted by molar-refractivity contribution is 6.32. The maximum Gasteiger partial charge on any atom is 0.336 e. The third-order valence-corrected chi connectivity index (χ3v) is 3.26. The van der Waals surface area contributed by atoms with Crippen molar-refractivity contribution in [2.45, 2.75) is 6.92 Å². The molecule has 6 nitrogen and oxygen atoms in total. The Bertz CT molecular complexity index is 788. The highest BCUT2D eigenvalue weighted by Crippen LogP contribution is 2.27. The molecule has 0 N–H and O–H groups in total. The molecule has 0 unspecified atom stereocenters. The summed E-state index contributed by atoms with van der Waals surface area (Å²) >= 11 is 5.74. The molecule has 0 saturated heterocycles. The normalized spacial score (nSPS) is 10.6. The van der Waals surface area contributed by atoms with Crippen LogP contribution in [0.2, 0.25) is 5.02 Å². The molecule has 0 amide bonds. The minimum atomic E-state index is -0.625. The maximum absolute atomic E-state index is 11.9. The van der Waals surface area contributed by atoms with Gasteiger partial charge in [-0.2, -0.15) is 0 Å². The number of esters is 1. The Morgan fingerprint density at radius 1 is 1.25 bits per heavy atom. The highest BCUT2D eigenvalue weighted by Gasteiger charge is 2.12. The number of rotatable bonds is 6. The topological polar surface area (TPSA) is 78.7 Å². The van der Waals surface area contributed by atoms with E-state index in [4.69, 9.17) is 21.1 Å². The van der Waals surface area contributed by atoms with Crippen LogP contribution in [-0.2, 0) is 4.79 Å². The zero-order chi connectivity index (χ0) is 17.5. The number of hydrogen-bond acceptors (Lipinski definition) is 5. The molecule has 7 heteroatoms. The Hall–Kier alpha value is -2.86. The molecule has 0 aliphatic heterocycles. The average molecular weight is 348 g/mol. The van der Waals surface area contributed by atoms with Gasteiger partial charge in [-0.15, -0.1) is 0 Å². The van der Waals surface area contributed by atoms with Crippen LogP contribution in [0.4, 0.5) is 5.69 Å². The molecular weight excluding hydrogens is 334 g/mol. The molecule has 0 spiro atoms. The zero-order valence-corrected chi connectivity index (χ0v) is 13.5. The van der Waals surface area contributed by atoms with Crippen LogP contribution in [0.5, 0.6) is 11.5 Å². The minimum absolute atomic E-state index is 0.0327. The van der Waals surface area contributed by atoms with E-state index in [1.54, 1.807) is 30.3 Å². The summed E-state index contributed by atoms with van der Waals surface area (Å²) in [5.41, 5.74) is 0.231. The number of nitrogens with zero attached hydrogens (tertiary/aromatic N) is 1. The van der Waals surface area contributed by atoms with Gasteiger partial charge in [0.1, 0.15) is 5.02 Å². The second-order valence-corrected chi connectivity index (χ2v) is 5.01. The van der Waals surface area contributed by atoms with E-state index in [0.717, 1.165) is 0 Å². The summed E-state index contributed by atoms with van der Waals surface area (Å²) in [6.07, 6.45) is 2.59. The van der Waals surface area contributed by atoms with Crippen molar-refractivity contribution in [3.8, 4) is 11.5 Å². The summed E-state index contributed by atoms with van der Waals surface area (Å²) in [6.45, 7) is 2.27. The van der Waals surface area contributed by atoms with E-state index in [1.807, 2.05) is 6.92 Å². The minimum Gasteiger partial charge on any atom is -0.490 e. The van der Waals surface area contributed by atoms with Crippen molar-refractivity contribution < 1.29 is 19.2 Å². The van der Waals surface area contributed by atoms with Gasteiger partial charge in [-0.3, -0.25) is 10.1 Å². The van der Waals surface area contributed by atoms with Crippen molar-refractivity contribution in [3.63, 3.8) is 0 Å². The number of hydrogen-bond donors (Lipinski definition) is 0. The number of nitro benzene ring substituents is 1. The van der Waals surface area contributed by atoms with Crippen molar-refractivity contribution in [2.24, 2.45) is 0 Å². The SMILES string of the molecule is CCOc1ccccc1OC(=O)C=Cc1ccc(Cl)c([N+](=O)[O-])c1. The maximum atomic E-state index is 11.9. The zero-order valence-electron chi connectivity index (χ0n) is 12.8. The molecule has 0 saturated carbocycles. The Morgan fingerprint density at radius 3 is 2.62 bits per heavy atom. The Labute approximate surface area is 143 Å². The summed E-state index contributed by atoms with van der Waals surface area (Å²) in [4.78, 5) is 22.2. The molecular formula is C17H14ClNO5. The van der Waals surface area contributed by atoms with E-state index in [-0.39, 0.29) is 10.7 Å². The van der Waals surface area contributed by atoms with E-state index < -0.39 is 10.9 Å². The highest BCUT2D eigenvalue weighted by atomic mass is 35.5. The molecule has 2 rings (SSSR count). The molecule has 0 radical (unpaired) electrons. The average Bonchev–Trinajstić information content (AvgIpc) is 2.56.